The molecular weight excluding hydrogens is 341 g/mol. The lowest BCUT2D eigenvalue weighted by Gasteiger charge is -2.32. The number of non-ortho nitro benzene ring substituents is 1. The molecule has 2 aromatic rings. The van der Waals surface area contributed by atoms with Crippen LogP contribution in [-0.2, 0) is 6.54 Å². The number of piperidine rings is 1. The number of alkyl halides is 3. The van der Waals surface area contributed by atoms with Crippen LogP contribution in [0, 0.1) is 16.0 Å². The second-order valence-corrected chi connectivity index (χ2v) is 5.94. The van der Waals surface area contributed by atoms with E-state index in [1.54, 1.807) is 11.0 Å². The standard InChI is InChI=1S/C15H15F3N4O3/c16-15(17,18)11-4-2-6-21(8-11)9-13-19-14(20-25-13)10-3-1-5-12(7-10)22(23)24/h1,3,5,7,11H,2,4,6,8-9H2. The fraction of sp³-hybridized carbons (Fsp3) is 0.467. The van der Waals surface area contributed by atoms with Gasteiger partial charge in [0.1, 0.15) is 0 Å². The molecule has 0 bridgehead atoms. The minimum atomic E-state index is -4.21. The van der Waals surface area contributed by atoms with Crippen LogP contribution in [0.1, 0.15) is 18.7 Å². The fourth-order valence-corrected chi connectivity index (χ4v) is 2.85. The lowest BCUT2D eigenvalue weighted by molar-refractivity contribution is -0.384. The third-order valence-corrected chi connectivity index (χ3v) is 4.11. The van der Waals surface area contributed by atoms with Crippen molar-refractivity contribution in [3.63, 3.8) is 0 Å². The smallest absolute Gasteiger partial charge is 0.338 e. The Balaban J connectivity index is 1.70. The zero-order valence-corrected chi connectivity index (χ0v) is 13.1. The molecule has 1 unspecified atom stereocenters. The minimum absolute atomic E-state index is 0.0992. The van der Waals surface area contributed by atoms with E-state index in [0.29, 0.717) is 18.5 Å². The van der Waals surface area contributed by atoms with Crippen LogP contribution in [-0.4, -0.2) is 39.2 Å². The van der Waals surface area contributed by atoms with Crippen molar-refractivity contribution in [2.75, 3.05) is 13.1 Å². The zero-order valence-electron chi connectivity index (χ0n) is 13.1. The van der Waals surface area contributed by atoms with Gasteiger partial charge in [-0.3, -0.25) is 15.0 Å². The Labute approximate surface area is 140 Å². The van der Waals surface area contributed by atoms with Gasteiger partial charge in [0, 0.05) is 24.2 Å². The molecule has 10 heteroatoms. The van der Waals surface area contributed by atoms with E-state index in [1.165, 1.54) is 18.2 Å². The van der Waals surface area contributed by atoms with Crippen molar-refractivity contribution in [2.45, 2.75) is 25.6 Å². The summed E-state index contributed by atoms with van der Waals surface area (Å²) < 4.78 is 43.6. The van der Waals surface area contributed by atoms with E-state index in [1.807, 2.05) is 0 Å². The Kier molecular flexibility index (Phi) is 4.71. The van der Waals surface area contributed by atoms with E-state index in [9.17, 15) is 23.3 Å². The van der Waals surface area contributed by atoms with Gasteiger partial charge in [-0.25, -0.2) is 0 Å². The second kappa shape index (κ2) is 6.79. The Morgan fingerprint density at radius 3 is 2.92 bits per heavy atom. The third-order valence-electron chi connectivity index (χ3n) is 4.11. The van der Waals surface area contributed by atoms with Crippen LogP contribution in [0.25, 0.3) is 11.4 Å². The molecule has 1 fully saturated rings. The number of nitro benzene ring substituents is 1. The molecule has 0 spiro atoms. The Morgan fingerprint density at radius 2 is 2.20 bits per heavy atom. The van der Waals surface area contributed by atoms with Crippen molar-refractivity contribution in [3.05, 3.63) is 40.3 Å². The maximum atomic E-state index is 12.8. The van der Waals surface area contributed by atoms with Crippen molar-refractivity contribution >= 4 is 5.69 Å². The summed E-state index contributed by atoms with van der Waals surface area (Å²) in [6, 6.07) is 5.76. The largest absolute Gasteiger partial charge is 0.393 e. The highest BCUT2D eigenvalue weighted by Crippen LogP contribution is 2.33. The number of nitrogens with zero attached hydrogens (tertiary/aromatic N) is 4. The van der Waals surface area contributed by atoms with Gasteiger partial charge in [0.05, 0.1) is 17.4 Å². The van der Waals surface area contributed by atoms with Crippen molar-refractivity contribution in [1.29, 1.82) is 0 Å². The number of halogens is 3. The highest BCUT2D eigenvalue weighted by atomic mass is 19.4. The van der Waals surface area contributed by atoms with Gasteiger partial charge in [0.2, 0.25) is 11.7 Å². The first kappa shape index (κ1) is 17.3. The number of benzene rings is 1. The maximum absolute atomic E-state index is 12.8. The number of hydrogen-bond donors (Lipinski definition) is 0. The predicted octanol–water partition coefficient (Wildman–Crippen LogP) is 3.42. The molecule has 0 amide bonds. The van der Waals surface area contributed by atoms with E-state index >= 15 is 0 Å². The highest BCUT2D eigenvalue weighted by Gasteiger charge is 2.41. The van der Waals surface area contributed by atoms with Gasteiger partial charge >= 0.3 is 6.18 Å². The molecule has 1 aliphatic rings. The zero-order chi connectivity index (χ0) is 18.0. The molecule has 0 aliphatic carbocycles. The summed E-state index contributed by atoms with van der Waals surface area (Å²) in [5.41, 5.74) is 0.309. The molecule has 25 heavy (non-hydrogen) atoms. The van der Waals surface area contributed by atoms with E-state index < -0.39 is 17.0 Å². The van der Waals surface area contributed by atoms with Crippen LogP contribution in [0.3, 0.4) is 0 Å². The Morgan fingerprint density at radius 1 is 1.40 bits per heavy atom. The van der Waals surface area contributed by atoms with Gasteiger partial charge in [-0.1, -0.05) is 17.3 Å². The topological polar surface area (TPSA) is 85.3 Å². The van der Waals surface area contributed by atoms with Crippen molar-refractivity contribution in [1.82, 2.24) is 15.0 Å². The first-order valence-electron chi connectivity index (χ1n) is 7.69. The van der Waals surface area contributed by atoms with Crippen LogP contribution in [0.15, 0.2) is 28.8 Å². The Hall–Kier alpha value is -2.49. The Bertz CT molecular complexity index is 762. The van der Waals surface area contributed by atoms with Crippen molar-refractivity contribution in [3.8, 4) is 11.4 Å². The molecule has 1 aliphatic heterocycles. The van der Waals surface area contributed by atoms with Gasteiger partial charge < -0.3 is 4.52 Å². The highest BCUT2D eigenvalue weighted by molar-refractivity contribution is 5.58. The molecule has 1 aromatic heterocycles. The van der Waals surface area contributed by atoms with Gasteiger partial charge in [0.15, 0.2) is 0 Å². The third kappa shape index (κ3) is 4.13. The lowest BCUT2D eigenvalue weighted by atomic mass is 9.97. The fourth-order valence-electron chi connectivity index (χ4n) is 2.85. The average Bonchev–Trinajstić information content (AvgIpc) is 3.03. The van der Waals surface area contributed by atoms with Crippen LogP contribution in [0.2, 0.25) is 0 Å². The maximum Gasteiger partial charge on any atom is 0.393 e. The quantitative estimate of drug-likeness (QED) is 0.616. The van der Waals surface area contributed by atoms with Gasteiger partial charge in [0.25, 0.3) is 5.69 Å². The molecule has 1 saturated heterocycles. The van der Waals surface area contributed by atoms with Crippen molar-refractivity contribution < 1.29 is 22.6 Å². The number of rotatable bonds is 4. The van der Waals surface area contributed by atoms with E-state index in [4.69, 9.17) is 4.52 Å². The average molecular weight is 356 g/mol. The van der Waals surface area contributed by atoms with Crippen LogP contribution in [0.5, 0.6) is 0 Å². The van der Waals surface area contributed by atoms with Crippen LogP contribution in [0.4, 0.5) is 18.9 Å². The molecule has 0 saturated carbocycles. The van der Waals surface area contributed by atoms with Gasteiger partial charge in [-0.15, -0.1) is 0 Å². The number of nitro groups is 1. The molecule has 1 atom stereocenters. The normalized spacial score (nSPS) is 19.1. The number of hydrogen-bond acceptors (Lipinski definition) is 6. The van der Waals surface area contributed by atoms with Gasteiger partial charge in [-0.2, -0.15) is 18.2 Å². The molecule has 0 radical (unpaired) electrons. The summed E-state index contributed by atoms with van der Waals surface area (Å²) >= 11 is 0. The second-order valence-electron chi connectivity index (χ2n) is 5.94. The predicted molar refractivity (Wildman–Crippen MR) is 80.4 cm³/mol. The molecule has 0 N–H and O–H groups in total. The van der Waals surface area contributed by atoms with Crippen LogP contribution < -0.4 is 0 Å². The molecule has 2 heterocycles. The van der Waals surface area contributed by atoms with E-state index in [0.717, 1.165) is 0 Å². The number of likely N-dealkylation sites (tertiary alicyclic amines) is 1. The molecule has 134 valence electrons. The van der Waals surface area contributed by atoms with E-state index in [-0.39, 0.29) is 36.9 Å². The summed E-state index contributed by atoms with van der Waals surface area (Å²) in [4.78, 5) is 16.0. The van der Waals surface area contributed by atoms with Gasteiger partial charge in [-0.05, 0) is 19.4 Å². The molecule has 7 nitrogen and oxygen atoms in total. The first-order chi connectivity index (χ1) is 11.8. The summed E-state index contributed by atoms with van der Waals surface area (Å²) in [6.45, 7) is 0.549. The summed E-state index contributed by atoms with van der Waals surface area (Å²) in [7, 11) is 0. The first-order valence-corrected chi connectivity index (χ1v) is 7.69. The van der Waals surface area contributed by atoms with Crippen molar-refractivity contribution in [2.24, 2.45) is 5.92 Å². The number of aromatic nitrogens is 2. The van der Waals surface area contributed by atoms with E-state index in [2.05, 4.69) is 10.1 Å². The molecule has 3 rings (SSSR count). The lowest BCUT2D eigenvalue weighted by Crippen LogP contribution is -2.41. The molecule has 1 aromatic carbocycles. The van der Waals surface area contributed by atoms with Crippen LogP contribution >= 0.6 is 0 Å². The summed E-state index contributed by atoms with van der Waals surface area (Å²) in [6.07, 6.45) is -3.62. The molecular formula is C15H15F3N4O3. The minimum Gasteiger partial charge on any atom is -0.338 e. The summed E-state index contributed by atoms with van der Waals surface area (Å²) in [5.74, 6) is -0.993. The summed E-state index contributed by atoms with van der Waals surface area (Å²) in [5, 5.41) is 14.6. The SMILES string of the molecule is O=[N+]([O-])c1cccc(-c2noc(CN3CCCC(C(F)(F)F)C3)n2)c1. The monoisotopic (exact) mass is 356 g/mol.